The van der Waals surface area contributed by atoms with Gasteiger partial charge in [0.05, 0.1) is 29.9 Å². The Morgan fingerprint density at radius 3 is 2.16 bits per heavy atom. The number of allylic oxidation sites excluding steroid dienone is 1. The molecule has 0 aromatic rings. The molecule has 0 bridgehead atoms. The van der Waals surface area contributed by atoms with Crippen LogP contribution >= 0.6 is 0 Å². The molecule has 9 nitrogen and oxygen atoms in total. The number of aliphatic hydroxyl groups is 1. The number of nitrogens with zero attached hydrogens (tertiary/aromatic N) is 1. The first-order chi connectivity index (χ1) is 25.6. The van der Waals surface area contributed by atoms with Gasteiger partial charge in [0.2, 0.25) is 0 Å². The van der Waals surface area contributed by atoms with Gasteiger partial charge in [0.25, 0.3) is 0 Å². The van der Waals surface area contributed by atoms with Crippen molar-refractivity contribution in [1.82, 2.24) is 10.2 Å². The van der Waals surface area contributed by atoms with Gasteiger partial charge in [-0.3, -0.25) is 14.5 Å². The molecule has 1 heterocycles. The van der Waals surface area contributed by atoms with Crippen LogP contribution in [0.4, 0.5) is 0 Å². The number of ether oxygens (including phenoxy) is 1. The van der Waals surface area contributed by atoms with Gasteiger partial charge in [-0.2, -0.15) is 0 Å². The van der Waals surface area contributed by atoms with Gasteiger partial charge in [-0.15, -0.1) is 0 Å². The van der Waals surface area contributed by atoms with Crippen molar-refractivity contribution in [3.63, 3.8) is 0 Å². The van der Waals surface area contributed by atoms with Crippen LogP contribution in [0.5, 0.6) is 0 Å². The lowest BCUT2D eigenvalue weighted by atomic mass is 9.32. The molecule has 7 aliphatic rings. The van der Waals surface area contributed by atoms with Crippen molar-refractivity contribution < 1.29 is 33.0 Å². The van der Waals surface area contributed by atoms with Gasteiger partial charge in [-0.05, 0) is 142 Å². The molecule has 0 aromatic carbocycles. The number of rotatable bonds is 10. The van der Waals surface area contributed by atoms with Crippen LogP contribution < -0.4 is 5.32 Å². The van der Waals surface area contributed by atoms with Crippen LogP contribution in [0.2, 0.25) is 0 Å². The fraction of sp³-hybridized carbons (Fsp3) is 0.911. The molecule has 7 fully saturated rings. The number of esters is 1. The summed E-state index contributed by atoms with van der Waals surface area (Å²) in [5, 5.41) is 24.2. The zero-order valence-electron chi connectivity index (χ0n) is 35.4. The first-order valence-corrected chi connectivity index (χ1v) is 23.8. The lowest BCUT2D eigenvalue weighted by Gasteiger charge is -2.73. The minimum absolute atomic E-state index is 0.0208. The van der Waals surface area contributed by atoms with Crippen molar-refractivity contribution in [3.8, 4) is 0 Å². The summed E-state index contributed by atoms with van der Waals surface area (Å²) in [4.78, 5) is 27.6. The van der Waals surface area contributed by atoms with Gasteiger partial charge in [-0.25, -0.2) is 8.42 Å². The third kappa shape index (κ3) is 6.42. The second-order valence-corrected chi connectivity index (χ2v) is 24.2. The van der Waals surface area contributed by atoms with E-state index in [2.05, 4.69) is 58.3 Å². The summed E-state index contributed by atoms with van der Waals surface area (Å²) in [6.07, 6.45) is 12.5. The maximum Gasteiger partial charge on any atom is 0.309 e. The number of nitrogens with one attached hydrogen (secondary N) is 1. The molecule has 1 saturated heterocycles. The number of aliphatic hydroxyl groups excluding tert-OH is 1. The van der Waals surface area contributed by atoms with E-state index in [1.54, 1.807) is 0 Å². The van der Waals surface area contributed by atoms with E-state index in [1.807, 2.05) is 13.8 Å². The second kappa shape index (κ2) is 14.1. The first-order valence-electron chi connectivity index (χ1n) is 22.0. The molecule has 0 spiro atoms. The van der Waals surface area contributed by atoms with Crippen molar-refractivity contribution in [3.05, 3.63) is 12.2 Å². The predicted molar refractivity (Wildman–Crippen MR) is 216 cm³/mol. The number of carbonyl (C=O) groups is 2. The molecule has 55 heavy (non-hydrogen) atoms. The lowest BCUT2D eigenvalue weighted by molar-refractivity contribution is -0.248. The highest BCUT2D eigenvalue weighted by Gasteiger charge is 2.71. The number of carboxylic acids is 1. The first kappa shape index (κ1) is 41.7. The summed E-state index contributed by atoms with van der Waals surface area (Å²) in [7, 11) is -2.97. The molecule has 0 radical (unpaired) electrons. The number of carboxylic acid groups (broad SMARTS) is 1. The van der Waals surface area contributed by atoms with Crippen molar-refractivity contribution >= 4 is 21.8 Å². The standard InChI is InChI=1S/C45H74N2O7S/c1-28(2)30-12-18-45(46-21-15-29(27-48)47-22-24-55(52,53)25-23-47)20-19-43(8)31(37(30)45)10-11-35-42(7)16-14-36(41(5,6)34(42)13-17-44(35,43)9)54-39(51)33-26-32(38(49)50)40(33,3)4/h29-37,46,48H,1,10-27H2,2-9H3,(H,49,50)/t29-,30+,31-,32+,33-,34+,35-,36+,37-,42+,43-,44-,45+/m1/s1. The third-order valence-corrected chi connectivity index (χ3v) is 20.8. The second-order valence-electron chi connectivity index (χ2n) is 21.9. The summed E-state index contributed by atoms with van der Waals surface area (Å²) in [5.74, 6) is 1.18. The lowest BCUT2D eigenvalue weighted by Crippen LogP contribution is -2.69. The average molecular weight is 787 g/mol. The van der Waals surface area contributed by atoms with Gasteiger partial charge in [0.15, 0.2) is 9.84 Å². The Morgan fingerprint density at radius 1 is 0.855 bits per heavy atom. The largest absolute Gasteiger partial charge is 0.481 e. The Kier molecular flexibility index (Phi) is 10.7. The van der Waals surface area contributed by atoms with Gasteiger partial charge >= 0.3 is 11.9 Å². The minimum Gasteiger partial charge on any atom is -0.481 e. The number of sulfone groups is 1. The molecule has 10 heteroatoms. The van der Waals surface area contributed by atoms with Crippen molar-refractivity contribution in [2.45, 2.75) is 150 Å². The normalized spacial score (nSPS) is 46.1. The Labute approximate surface area is 332 Å². The highest BCUT2D eigenvalue weighted by molar-refractivity contribution is 7.91. The van der Waals surface area contributed by atoms with Crippen LogP contribution in [0.15, 0.2) is 12.2 Å². The summed E-state index contributed by atoms with van der Waals surface area (Å²) >= 11 is 0. The zero-order chi connectivity index (χ0) is 40.1. The smallest absolute Gasteiger partial charge is 0.309 e. The van der Waals surface area contributed by atoms with Gasteiger partial charge in [0.1, 0.15) is 6.10 Å². The van der Waals surface area contributed by atoms with E-state index in [4.69, 9.17) is 4.74 Å². The van der Waals surface area contributed by atoms with Crippen LogP contribution in [0.25, 0.3) is 0 Å². The quantitative estimate of drug-likeness (QED) is 0.156. The third-order valence-electron chi connectivity index (χ3n) is 19.2. The van der Waals surface area contributed by atoms with Crippen LogP contribution in [0.1, 0.15) is 132 Å². The molecular formula is C45H74N2O7S. The molecule has 0 aromatic heterocycles. The number of fused-ring (bicyclic) bond motifs is 7. The number of hydrogen-bond donors (Lipinski definition) is 3. The Hall–Kier alpha value is -1.49. The van der Waals surface area contributed by atoms with E-state index < -0.39 is 27.1 Å². The molecule has 0 unspecified atom stereocenters. The highest BCUT2D eigenvalue weighted by atomic mass is 32.2. The van der Waals surface area contributed by atoms with Gasteiger partial charge in [-0.1, -0.05) is 60.6 Å². The zero-order valence-corrected chi connectivity index (χ0v) is 36.2. The maximum absolute atomic E-state index is 13.6. The summed E-state index contributed by atoms with van der Waals surface area (Å²) in [6.45, 7) is 25.2. The minimum atomic E-state index is -2.97. The van der Waals surface area contributed by atoms with Crippen molar-refractivity contribution in [2.24, 2.45) is 68.5 Å². The molecule has 312 valence electrons. The summed E-state index contributed by atoms with van der Waals surface area (Å²) in [5.41, 5.74) is 1.19. The SMILES string of the molecule is C=C(C)[C@@H]1CC[C@]2(NCC[C@H](CO)N3CCS(=O)(=O)CC3)CC[C@]3(C)[C@H](CC[C@@H]4[C@@]5(C)CC[C@H](OC(=O)[C@H]6C[C@@H](C(=O)O)C6(C)C)C(C)(C)[C@@H]5CC[C@]43C)[C@@H]12. The summed E-state index contributed by atoms with van der Waals surface area (Å²) < 4.78 is 30.6. The fourth-order valence-corrected chi connectivity index (χ4v) is 16.8. The molecule has 1 aliphatic heterocycles. The van der Waals surface area contributed by atoms with Gasteiger partial charge in [0, 0.05) is 30.1 Å². The van der Waals surface area contributed by atoms with Crippen LogP contribution in [0, 0.1) is 68.5 Å². The topological polar surface area (TPSA) is 133 Å². The molecule has 0 amide bonds. The number of hydrogen-bond acceptors (Lipinski definition) is 8. The van der Waals surface area contributed by atoms with E-state index >= 15 is 0 Å². The monoisotopic (exact) mass is 787 g/mol. The molecule has 6 aliphatic carbocycles. The fourth-order valence-electron chi connectivity index (χ4n) is 15.6. The summed E-state index contributed by atoms with van der Waals surface area (Å²) in [6, 6.07) is -0.0208. The van der Waals surface area contributed by atoms with E-state index in [1.165, 1.54) is 37.7 Å². The van der Waals surface area contributed by atoms with Crippen LogP contribution in [-0.4, -0.2) is 90.9 Å². The molecule has 6 saturated carbocycles. The van der Waals surface area contributed by atoms with E-state index in [9.17, 15) is 28.2 Å². The molecule has 13 atom stereocenters. The van der Waals surface area contributed by atoms with E-state index in [-0.39, 0.29) is 69.3 Å². The Bertz CT molecular complexity index is 1630. The maximum atomic E-state index is 13.6. The van der Waals surface area contributed by atoms with Crippen molar-refractivity contribution in [2.75, 3.05) is 37.7 Å². The average Bonchev–Trinajstić information content (AvgIpc) is 3.48. The van der Waals surface area contributed by atoms with Gasteiger partial charge < -0.3 is 20.3 Å². The number of carbonyl (C=O) groups excluding carboxylic acids is 1. The van der Waals surface area contributed by atoms with Crippen molar-refractivity contribution in [1.29, 1.82) is 0 Å². The Morgan fingerprint density at radius 2 is 1.55 bits per heavy atom. The number of aliphatic carboxylic acids is 1. The Balaban J connectivity index is 1.07. The van der Waals surface area contributed by atoms with E-state index in [0.717, 1.165) is 45.1 Å². The highest BCUT2D eigenvalue weighted by Crippen LogP contribution is 2.76. The van der Waals surface area contributed by atoms with E-state index in [0.29, 0.717) is 49.1 Å². The van der Waals surface area contributed by atoms with Crippen LogP contribution in [-0.2, 0) is 24.2 Å². The van der Waals surface area contributed by atoms with Crippen LogP contribution in [0.3, 0.4) is 0 Å². The molecule has 3 N–H and O–H groups in total. The predicted octanol–water partition coefficient (Wildman–Crippen LogP) is 7.13. The molecule has 7 rings (SSSR count). The molecular weight excluding hydrogens is 713 g/mol.